The molecule has 0 aromatic heterocycles. The molecule has 0 spiro atoms. The number of ether oxygens (including phenoxy) is 1. The Morgan fingerprint density at radius 2 is 2.13 bits per heavy atom. The minimum Gasteiger partial charge on any atom is -0.427 e. The molecule has 4 nitrogen and oxygen atoms in total. The van der Waals surface area contributed by atoms with E-state index < -0.39 is 6.10 Å². The van der Waals surface area contributed by atoms with E-state index in [1.54, 1.807) is 37.3 Å². The number of hydrogen-bond acceptors (Lipinski definition) is 4. The molecule has 1 atom stereocenters. The number of benzene rings is 1. The van der Waals surface area contributed by atoms with Crippen LogP contribution in [-0.2, 0) is 4.79 Å². The Balaban J connectivity index is 2.73. The van der Waals surface area contributed by atoms with Crippen LogP contribution in [0.3, 0.4) is 0 Å². The zero-order chi connectivity index (χ0) is 11.3. The average Bonchev–Trinajstić information content (AvgIpc) is 2.29. The maximum atomic E-state index is 10.9. The van der Waals surface area contributed by atoms with Crippen molar-refractivity contribution in [3.63, 3.8) is 0 Å². The van der Waals surface area contributed by atoms with Crippen LogP contribution in [0.1, 0.15) is 25.0 Å². The average molecular weight is 205 g/mol. The summed E-state index contributed by atoms with van der Waals surface area (Å²) in [4.78, 5) is 10.9. The summed E-state index contributed by atoms with van der Waals surface area (Å²) in [5, 5.41) is 17.6. The van der Waals surface area contributed by atoms with Crippen molar-refractivity contribution in [1.82, 2.24) is 0 Å². The van der Waals surface area contributed by atoms with Gasteiger partial charge in [0, 0.05) is 6.42 Å². The van der Waals surface area contributed by atoms with Crippen molar-refractivity contribution in [3.8, 4) is 11.8 Å². The van der Waals surface area contributed by atoms with Crippen LogP contribution >= 0.6 is 0 Å². The molecule has 1 rings (SSSR count). The first-order valence-corrected chi connectivity index (χ1v) is 4.55. The van der Waals surface area contributed by atoms with Crippen molar-refractivity contribution in [1.29, 1.82) is 5.26 Å². The van der Waals surface area contributed by atoms with Crippen molar-refractivity contribution in [2.75, 3.05) is 0 Å². The first-order valence-electron chi connectivity index (χ1n) is 4.55. The lowest BCUT2D eigenvalue weighted by molar-refractivity contribution is -0.134. The molecule has 0 bridgehead atoms. The minimum atomic E-state index is -1.14. The Morgan fingerprint density at radius 1 is 1.53 bits per heavy atom. The van der Waals surface area contributed by atoms with Crippen LogP contribution in [0.25, 0.3) is 0 Å². The molecular formula is C11H11NO3. The fourth-order valence-electron chi connectivity index (χ4n) is 0.996. The monoisotopic (exact) mass is 205 g/mol. The van der Waals surface area contributed by atoms with Gasteiger partial charge >= 0.3 is 5.97 Å². The first kappa shape index (κ1) is 11.2. The molecule has 0 unspecified atom stereocenters. The van der Waals surface area contributed by atoms with Gasteiger partial charge in [-0.05, 0) is 17.7 Å². The molecule has 0 aliphatic heterocycles. The second-order valence-electron chi connectivity index (χ2n) is 2.93. The van der Waals surface area contributed by atoms with Crippen molar-refractivity contribution < 1.29 is 14.6 Å². The third-order valence-electron chi connectivity index (χ3n) is 1.84. The van der Waals surface area contributed by atoms with E-state index in [4.69, 9.17) is 10.00 Å². The molecule has 4 heteroatoms. The zero-order valence-corrected chi connectivity index (χ0v) is 8.30. The number of esters is 1. The first-order chi connectivity index (χ1) is 7.17. The molecular weight excluding hydrogens is 194 g/mol. The summed E-state index contributed by atoms with van der Waals surface area (Å²) < 4.78 is 4.93. The van der Waals surface area contributed by atoms with E-state index in [-0.39, 0.29) is 5.97 Å². The normalized spacial score (nSPS) is 11.5. The molecule has 15 heavy (non-hydrogen) atoms. The van der Waals surface area contributed by atoms with E-state index >= 15 is 0 Å². The van der Waals surface area contributed by atoms with Crippen molar-refractivity contribution >= 4 is 5.97 Å². The van der Waals surface area contributed by atoms with Crippen molar-refractivity contribution in [2.24, 2.45) is 0 Å². The van der Waals surface area contributed by atoms with Gasteiger partial charge in [0.25, 0.3) is 0 Å². The van der Waals surface area contributed by atoms with Gasteiger partial charge in [0.05, 0.1) is 6.07 Å². The second kappa shape index (κ2) is 5.13. The summed E-state index contributed by atoms with van der Waals surface area (Å²) in [5.74, 6) is 0.0966. The lowest BCUT2D eigenvalue weighted by Crippen LogP contribution is -2.05. The number of carbonyl (C=O) groups is 1. The molecule has 1 N–H and O–H groups in total. The summed E-state index contributed by atoms with van der Waals surface area (Å²) in [5.41, 5.74) is 0.480. The third kappa shape index (κ3) is 3.08. The van der Waals surface area contributed by atoms with E-state index in [0.29, 0.717) is 17.7 Å². The minimum absolute atomic E-state index is 0.308. The van der Waals surface area contributed by atoms with Crippen LogP contribution in [0.5, 0.6) is 5.75 Å². The SMILES string of the molecule is CCC(=O)Oc1ccc([C@@H](O)C#N)cc1. The van der Waals surface area contributed by atoms with Gasteiger partial charge in [0.15, 0.2) is 6.10 Å². The highest BCUT2D eigenvalue weighted by atomic mass is 16.5. The zero-order valence-electron chi connectivity index (χ0n) is 8.30. The molecule has 0 amide bonds. The molecule has 0 fully saturated rings. The highest BCUT2D eigenvalue weighted by molar-refractivity contribution is 5.71. The number of nitrogens with zero attached hydrogens (tertiary/aromatic N) is 1. The Bertz CT molecular complexity index is 378. The van der Waals surface area contributed by atoms with Gasteiger partial charge in [0.2, 0.25) is 0 Å². The summed E-state index contributed by atoms with van der Waals surface area (Å²) in [6, 6.07) is 7.89. The fourth-order valence-corrected chi connectivity index (χ4v) is 0.996. The Kier molecular flexibility index (Phi) is 3.83. The number of hydrogen-bond donors (Lipinski definition) is 1. The quantitative estimate of drug-likeness (QED) is 0.462. The van der Waals surface area contributed by atoms with E-state index in [0.717, 1.165) is 0 Å². The summed E-state index contributed by atoms with van der Waals surface area (Å²) in [6.07, 6.45) is -0.830. The van der Waals surface area contributed by atoms with Crippen LogP contribution in [0, 0.1) is 11.3 Å². The molecule has 78 valence electrons. The Labute approximate surface area is 87.7 Å². The Morgan fingerprint density at radius 3 is 2.60 bits per heavy atom. The van der Waals surface area contributed by atoms with Crippen LogP contribution < -0.4 is 4.74 Å². The second-order valence-corrected chi connectivity index (χ2v) is 2.93. The van der Waals surface area contributed by atoms with E-state index in [9.17, 15) is 9.90 Å². The maximum absolute atomic E-state index is 10.9. The smallest absolute Gasteiger partial charge is 0.310 e. The lowest BCUT2D eigenvalue weighted by Gasteiger charge is -2.04. The molecule has 0 aliphatic rings. The van der Waals surface area contributed by atoms with Crippen LogP contribution in [0.15, 0.2) is 24.3 Å². The number of aliphatic hydroxyl groups is 1. The number of aliphatic hydroxyl groups excluding tert-OH is 1. The summed E-state index contributed by atoms with van der Waals surface area (Å²) in [6.45, 7) is 1.70. The van der Waals surface area contributed by atoms with Gasteiger partial charge in [-0.2, -0.15) is 5.26 Å². The van der Waals surface area contributed by atoms with E-state index in [1.165, 1.54) is 0 Å². The van der Waals surface area contributed by atoms with E-state index in [1.807, 2.05) is 0 Å². The molecule has 0 heterocycles. The fraction of sp³-hybridized carbons (Fsp3) is 0.273. The number of rotatable bonds is 3. The maximum Gasteiger partial charge on any atom is 0.310 e. The van der Waals surface area contributed by atoms with Gasteiger partial charge in [-0.25, -0.2) is 0 Å². The molecule has 0 radical (unpaired) electrons. The molecule has 0 aliphatic carbocycles. The largest absolute Gasteiger partial charge is 0.427 e. The van der Waals surface area contributed by atoms with E-state index in [2.05, 4.69) is 0 Å². The number of carbonyl (C=O) groups excluding carboxylic acids is 1. The topological polar surface area (TPSA) is 70.3 Å². The molecule has 1 aromatic carbocycles. The molecule has 0 saturated heterocycles. The lowest BCUT2D eigenvalue weighted by atomic mass is 10.1. The van der Waals surface area contributed by atoms with Crippen molar-refractivity contribution in [3.05, 3.63) is 29.8 Å². The van der Waals surface area contributed by atoms with Gasteiger partial charge < -0.3 is 9.84 Å². The summed E-state index contributed by atoms with van der Waals surface area (Å²) >= 11 is 0. The highest BCUT2D eigenvalue weighted by Crippen LogP contribution is 2.17. The predicted molar refractivity (Wildman–Crippen MR) is 52.9 cm³/mol. The van der Waals surface area contributed by atoms with Gasteiger partial charge in [-0.15, -0.1) is 0 Å². The van der Waals surface area contributed by atoms with Crippen LogP contribution in [-0.4, -0.2) is 11.1 Å². The summed E-state index contributed by atoms with van der Waals surface area (Å²) in [7, 11) is 0. The third-order valence-corrected chi connectivity index (χ3v) is 1.84. The highest BCUT2D eigenvalue weighted by Gasteiger charge is 2.06. The van der Waals surface area contributed by atoms with Crippen LogP contribution in [0.2, 0.25) is 0 Å². The Hall–Kier alpha value is -1.86. The van der Waals surface area contributed by atoms with Crippen LogP contribution in [0.4, 0.5) is 0 Å². The van der Waals surface area contributed by atoms with Crippen molar-refractivity contribution in [2.45, 2.75) is 19.4 Å². The standard InChI is InChI=1S/C11H11NO3/c1-2-11(14)15-9-5-3-8(4-6-9)10(13)7-12/h3-6,10,13H,2H2,1H3/t10-/m0/s1. The van der Waals surface area contributed by atoms with Gasteiger partial charge in [0.1, 0.15) is 5.75 Å². The molecule has 0 saturated carbocycles. The van der Waals surface area contributed by atoms with Gasteiger partial charge in [-0.1, -0.05) is 19.1 Å². The predicted octanol–water partition coefficient (Wildman–Crippen LogP) is 1.56. The number of nitriles is 1. The molecule has 1 aromatic rings. The van der Waals surface area contributed by atoms with Gasteiger partial charge in [-0.3, -0.25) is 4.79 Å².